The Morgan fingerprint density at radius 1 is 1.40 bits per heavy atom. The highest BCUT2D eigenvalue weighted by Crippen LogP contribution is 2.28. The molecule has 5 nitrogen and oxygen atoms in total. The Kier molecular flexibility index (Phi) is 4.36. The van der Waals surface area contributed by atoms with E-state index in [9.17, 15) is 13.2 Å². The molecule has 1 aliphatic rings. The van der Waals surface area contributed by atoms with Crippen LogP contribution in [0.25, 0.3) is 0 Å². The molecule has 0 unspecified atom stereocenters. The van der Waals surface area contributed by atoms with Gasteiger partial charge in [-0.1, -0.05) is 24.1 Å². The maximum absolute atomic E-state index is 12.7. The molecule has 1 aromatic rings. The van der Waals surface area contributed by atoms with Gasteiger partial charge in [-0.05, 0) is 37.5 Å². The lowest BCUT2D eigenvalue weighted by Crippen LogP contribution is -2.50. The summed E-state index contributed by atoms with van der Waals surface area (Å²) in [6, 6.07) is 3.93. The van der Waals surface area contributed by atoms with E-state index in [2.05, 4.69) is 0 Å². The average Bonchev–Trinajstić information content (AvgIpc) is 2.41. The summed E-state index contributed by atoms with van der Waals surface area (Å²) in [7, 11) is -3.76. The van der Waals surface area contributed by atoms with Crippen LogP contribution in [-0.2, 0) is 14.8 Å². The zero-order chi connectivity index (χ0) is 14.9. The van der Waals surface area contributed by atoms with Gasteiger partial charge < -0.3 is 5.73 Å². The number of nitrogens with two attached hydrogens (primary N) is 1. The number of aryl methyl sites for hydroxylation is 1. The molecule has 2 N–H and O–H groups in total. The monoisotopic (exact) mass is 316 g/mol. The molecule has 110 valence electrons. The van der Waals surface area contributed by atoms with Crippen LogP contribution >= 0.6 is 11.6 Å². The number of hydrogen-bond acceptors (Lipinski definition) is 3. The van der Waals surface area contributed by atoms with Gasteiger partial charge in [-0.2, -0.15) is 4.31 Å². The van der Waals surface area contributed by atoms with E-state index in [0.29, 0.717) is 23.6 Å². The van der Waals surface area contributed by atoms with Crippen LogP contribution in [-0.4, -0.2) is 31.2 Å². The van der Waals surface area contributed by atoms with Crippen molar-refractivity contribution in [3.8, 4) is 0 Å². The van der Waals surface area contributed by atoms with Crippen LogP contribution in [0.3, 0.4) is 0 Å². The second-order valence-corrected chi connectivity index (χ2v) is 7.23. The van der Waals surface area contributed by atoms with Gasteiger partial charge in [-0.25, -0.2) is 8.42 Å². The predicted molar refractivity (Wildman–Crippen MR) is 76.9 cm³/mol. The number of halogens is 1. The van der Waals surface area contributed by atoms with E-state index < -0.39 is 22.0 Å². The van der Waals surface area contributed by atoms with Crippen LogP contribution in [0.1, 0.15) is 24.8 Å². The molecule has 0 bridgehead atoms. The Bertz CT molecular complexity index is 631. The van der Waals surface area contributed by atoms with E-state index in [-0.39, 0.29) is 4.90 Å². The Labute approximate surface area is 123 Å². The van der Waals surface area contributed by atoms with Gasteiger partial charge in [-0.15, -0.1) is 0 Å². The number of hydrogen-bond donors (Lipinski definition) is 1. The third kappa shape index (κ3) is 2.82. The van der Waals surface area contributed by atoms with Crippen LogP contribution in [0.15, 0.2) is 23.1 Å². The van der Waals surface area contributed by atoms with Gasteiger partial charge in [0.05, 0.1) is 4.90 Å². The molecular weight excluding hydrogens is 300 g/mol. The summed E-state index contributed by atoms with van der Waals surface area (Å²) in [6.45, 7) is 2.01. The molecule has 0 aromatic heterocycles. The SMILES string of the molecule is Cc1ccc(Cl)cc1S(=O)(=O)N1CCCC[C@H]1C(N)=O. The number of nitrogens with zero attached hydrogens (tertiary/aromatic N) is 1. The van der Waals surface area contributed by atoms with Crippen molar-refractivity contribution in [2.24, 2.45) is 5.73 Å². The Balaban J connectivity index is 2.47. The summed E-state index contributed by atoms with van der Waals surface area (Å²) in [4.78, 5) is 11.6. The van der Waals surface area contributed by atoms with E-state index >= 15 is 0 Å². The molecule has 7 heteroatoms. The third-order valence-corrected chi connectivity index (χ3v) is 5.80. The summed E-state index contributed by atoms with van der Waals surface area (Å²) in [6.07, 6.45) is 1.99. The quantitative estimate of drug-likeness (QED) is 0.921. The van der Waals surface area contributed by atoms with Crippen molar-refractivity contribution in [3.63, 3.8) is 0 Å². The Hall–Kier alpha value is -1.11. The molecule has 20 heavy (non-hydrogen) atoms. The Morgan fingerprint density at radius 3 is 2.75 bits per heavy atom. The van der Waals surface area contributed by atoms with E-state index in [4.69, 9.17) is 17.3 Å². The zero-order valence-corrected chi connectivity index (χ0v) is 12.7. The highest BCUT2D eigenvalue weighted by molar-refractivity contribution is 7.89. The largest absolute Gasteiger partial charge is 0.368 e. The minimum absolute atomic E-state index is 0.137. The van der Waals surface area contributed by atoms with E-state index in [1.165, 1.54) is 10.4 Å². The molecule has 1 saturated heterocycles. The number of benzene rings is 1. The van der Waals surface area contributed by atoms with Gasteiger partial charge in [-0.3, -0.25) is 4.79 Å². The van der Waals surface area contributed by atoms with Crippen molar-refractivity contribution >= 4 is 27.5 Å². The number of sulfonamides is 1. The summed E-state index contributed by atoms with van der Waals surface area (Å²) in [5, 5.41) is 0.349. The lowest BCUT2D eigenvalue weighted by atomic mass is 10.0. The summed E-state index contributed by atoms with van der Waals surface area (Å²) in [5.74, 6) is -0.604. The van der Waals surface area contributed by atoms with Crippen LogP contribution in [0.4, 0.5) is 0 Å². The first-order valence-corrected chi connectivity index (χ1v) is 8.23. The molecule has 0 aliphatic carbocycles. The highest BCUT2D eigenvalue weighted by Gasteiger charge is 2.37. The normalized spacial score (nSPS) is 20.8. The van der Waals surface area contributed by atoms with E-state index in [1.807, 2.05) is 0 Å². The van der Waals surface area contributed by atoms with E-state index in [0.717, 1.165) is 12.8 Å². The molecule has 0 spiro atoms. The first kappa shape index (κ1) is 15.3. The topological polar surface area (TPSA) is 80.5 Å². The lowest BCUT2D eigenvalue weighted by Gasteiger charge is -2.32. The molecule has 1 aliphatic heterocycles. The Morgan fingerprint density at radius 2 is 2.10 bits per heavy atom. The fourth-order valence-corrected chi connectivity index (χ4v) is 4.61. The molecule has 1 amide bonds. The van der Waals surface area contributed by atoms with Crippen molar-refractivity contribution in [3.05, 3.63) is 28.8 Å². The second-order valence-electron chi connectivity index (χ2n) is 4.94. The number of piperidine rings is 1. The predicted octanol–water partition coefficient (Wildman–Crippen LogP) is 1.68. The highest BCUT2D eigenvalue weighted by atomic mass is 35.5. The maximum atomic E-state index is 12.7. The fourth-order valence-electron chi connectivity index (χ4n) is 2.46. The standard InChI is InChI=1S/C13H17ClN2O3S/c1-9-5-6-10(14)8-12(9)20(18,19)16-7-3-2-4-11(16)13(15)17/h5-6,8,11H,2-4,7H2,1H3,(H2,15,17)/t11-/m0/s1. The van der Waals surface area contributed by atoms with Gasteiger partial charge >= 0.3 is 0 Å². The minimum Gasteiger partial charge on any atom is -0.368 e. The maximum Gasteiger partial charge on any atom is 0.244 e. The van der Waals surface area contributed by atoms with Gasteiger partial charge in [0.15, 0.2) is 0 Å². The van der Waals surface area contributed by atoms with Crippen molar-refractivity contribution in [2.45, 2.75) is 37.1 Å². The fraction of sp³-hybridized carbons (Fsp3) is 0.462. The van der Waals surface area contributed by atoms with Crippen LogP contribution in [0.5, 0.6) is 0 Å². The lowest BCUT2D eigenvalue weighted by molar-refractivity contribution is -0.122. The molecule has 0 radical (unpaired) electrons. The molecule has 1 fully saturated rings. The molecule has 0 saturated carbocycles. The number of amides is 1. The van der Waals surface area contributed by atoms with Gasteiger partial charge in [0.2, 0.25) is 15.9 Å². The van der Waals surface area contributed by atoms with E-state index in [1.54, 1.807) is 19.1 Å². The van der Waals surface area contributed by atoms with Gasteiger partial charge in [0.25, 0.3) is 0 Å². The number of rotatable bonds is 3. The molecule has 1 atom stereocenters. The number of carbonyl (C=O) groups is 1. The molecular formula is C13H17ClN2O3S. The number of primary amides is 1. The zero-order valence-electron chi connectivity index (χ0n) is 11.2. The minimum atomic E-state index is -3.76. The average molecular weight is 317 g/mol. The first-order chi connectivity index (χ1) is 9.34. The van der Waals surface area contributed by atoms with Crippen LogP contribution in [0.2, 0.25) is 5.02 Å². The summed E-state index contributed by atoms with van der Waals surface area (Å²) >= 11 is 5.89. The van der Waals surface area contributed by atoms with Crippen LogP contribution < -0.4 is 5.73 Å². The summed E-state index contributed by atoms with van der Waals surface area (Å²) < 4.78 is 26.7. The van der Waals surface area contributed by atoms with Crippen molar-refractivity contribution in [2.75, 3.05) is 6.54 Å². The molecule has 1 heterocycles. The van der Waals surface area contributed by atoms with Crippen molar-refractivity contribution in [1.82, 2.24) is 4.31 Å². The van der Waals surface area contributed by atoms with Crippen LogP contribution in [0, 0.1) is 6.92 Å². The molecule has 1 aromatic carbocycles. The van der Waals surface area contributed by atoms with Gasteiger partial charge in [0.1, 0.15) is 6.04 Å². The number of carbonyl (C=O) groups excluding carboxylic acids is 1. The third-order valence-electron chi connectivity index (χ3n) is 3.52. The first-order valence-electron chi connectivity index (χ1n) is 6.41. The summed E-state index contributed by atoms with van der Waals surface area (Å²) in [5.41, 5.74) is 5.93. The molecule has 2 rings (SSSR count). The second kappa shape index (κ2) is 5.71. The smallest absolute Gasteiger partial charge is 0.244 e. The van der Waals surface area contributed by atoms with Crippen molar-refractivity contribution < 1.29 is 13.2 Å². The van der Waals surface area contributed by atoms with Gasteiger partial charge in [0, 0.05) is 11.6 Å². The van der Waals surface area contributed by atoms with Crippen molar-refractivity contribution in [1.29, 1.82) is 0 Å².